The number of ketones is 1. The van der Waals surface area contributed by atoms with Gasteiger partial charge < -0.3 is 43.2 Å². The third-order valence-corrected chi connectivity index (χ3v) is 7.27. The molecule has 1 atom stereocenters. The molecule has 0 aromatic heterocycles. The number of fused-ring (bicyclic) bond motifs is 1. The highest BCUT2D eigenvalue weighted by Crippen LogP contribution is 2.54. The van der Waals surface area contributed by atoms with Crippen LogP contribution in [0.4, 0.5) is 0 Å². The molecule has 1 N–H and O–H groups in total. The van der Waals surface area contributed by atoms with Crippen LogP contribution in [0.5, 0.6) is 34.5 Å². The molecule has 0 radical (unpaired) electrons. The van der Waals surface area contributed by atoms with Gasteiger partial charge in [0.15, 0.2) is 23.0 Å². The number of carbonyl (C=O) groups is 2. The zero-order valence-electron chi connectivity index (χ0n) is 22.9. The van der Waals surface area contributed by atoms with Crippen molar-refractivity contribution in [3.05, 3.63) is 41.0 Å². The zero-order valence-corrected chi connectivity index (χ0v) is 22.9. The van der Waals surface area contributed by atoms with Crippen LogP contribution < -0.4 is 28.4 Å². The molecule has 5 rings (SSSR count). The van der Waals surface area contributed by atoms with Crippen LogP contribution in [0.1, 0.15) is 17.2 Å². The second kappa shape index (κ2) is 11.5. The van der Waals surface area contributed by atoms with E-state index in [1.54, 1.807) is 24.3 Å². The Morgan fingerprint density at radius 1 is 0.900 bits per heavy atom. The minimum atomic E-state index is -1.01. The number of hydrogen-bond acceptors (Lipinski definition) is 11. The molecule has 2 aromatic rings. The molecule has 3 aliphatic heterocycles. The average Bonchev–Trinajstić information content (AvgIpc) is 3.58. The van der Waals surface area contributed by atoms with Crippen LogP contribution >= 0.6 is 0 Å². The Morgan fingerprint density at radius 3 is 2.27 bits per heavy atom. The van der Waals surface area contributed by atoms with E-state index in [0.29, 0.717) is 67.2 Å². The van der Waals surface area contributed by atoms with Gasteiger partial charge in [-0.1, -0.05) is 0 Å². The lowest BCUT2D eigenvalue weighted by Crippen LogP contribution is -2.42. The molecule has 2 fully saturated rings. The van der Waals surface area contributed by atoms with Gasteiger partial charge in [-0.2, -0.15) is 0 Å². The molecule has 0 saturated carbocycles. The quantitative estimate of drug-likeness (QED) is 0.278. The Balaban J connectivity index is 1.67. The summed E-state index contributed by atoms with van der Waals surface area (Å²) in [6, 6.07) is 5.39. The highest BCUT2D eigenvalue weighted by atomic mass is 16.7. The molecule has 3 aliphatic rings. The fourth-order valence-electron chi connectivity index (χ4n) is 5.25. The molecule has 0 spiro atoms. The van der Waals surface area contributed by atoms with Crippen LogP contribution in [0, 0.1) is 0 Å². The summed E-state index contributed by atoms with van der Waals surface area (Å²) in [4.78, 5) is 30.7. The molecular formula is C28H32N2O10. The predicted octanol–water partition coefficient (Wildman–Crippen LogP) is 2.20. The second-order valence-corrected chi connectivity index (χ2v) is 9.28. The Morgan fingerprint density at radius 2 is 1.60 bits per heavy atom. The monoisotopic (exact) mass is 556 g/mol. The molecular weight excluding hydrogens is 524 g/mol. The Kier molecular flexibility index (Phi) is 7.90. The molecule has 0 aliphatic carbocycles. The van der Waals surface area contributed by atoms with E-state index >= 15 is 0 Å². The lowest BCUT2D eigenvalue weighted by atomic mass is 9.93. The molecule has 3 heterocycles. The minimum Gasteiger partial charge on any atom is -0.507 e. The molecule has 12 nitrogen and oxygen atoms in total. The van der Waals surface area contributed by atoms with Crippen molar-refractivity contribution < 1.29 is 47.9 Å². The van der Waals surface area contributed by atoms with E-state index in [1.807, 2.05) is 0 Å². The number of likely N-dealkylation sites (tertiary alicyclic amines) is 1. The maximum absolute atomic E-state index is 13.6. The summed E-state index contributed by atoms with van der Waals surface area (Å²) in [5, 5.41) is 11.6. The topological polar surface area (TPSA) is 125 Å². The van der Waals surface area contributed by atoms with Gasteiger partial charge in [-0.3, -0.25) is 14.5 Å². The maximum Gasteiger partial charge on any atom is 0.295 e. The standard InChI is InChI=1S/C28H32N2O10/c1-34-18-6-5-16(13-19(18)35-2)23(31)21-22(17-14-20(36-3)26-27(25(17)37-4)40-15-39-26)30(28(33)24(21)32)8-7-29-9-11-38-12-10-29/h5-6,13-14,22,31H,7-12,15H2,1-4H3/b23-21+. The summed E-state index contributed by atoms with van der Waals surface area (Å²) in [5.74, 6) is 0.141. The first-order chi connectivity index (χ1) is 19.4. The molecule has 214 valence electrons. The number of benzene rings is 2. The van der Waals surface area contributed by atoms with Crippen molar-refractivity contribution in [2.24, 2.45) is 0 Å². The van der Waals surface area contributed by atoms with E-state index in [-0.39, 0.29) is 36.0 Å². The largest absolute Gasteiger partial charge is 0.507 e. The SMILES string of the molecule is COc1ccc(/C(O)=C2\C(=O)C(=O)N(CCN3CCOCC3)C2c2cc(OC)c3c(c2OC)OCO3)cc1OC. The van der Waals surface area contributed by atoms with E-state index < -0.39 is 17.7 Å². The highest BCUT2D eigenvalue weighted by molar-refractivity contribution is 6.46. The number of aliphatic hydroxyl groups excluding tert-OH is 1. The summed E-state index contributed by atoms with van der Waals surface area (Å²) in [5.41, 5.74) is 0.589. The van der Waals surface area contributed by atoms with Crippen LogP contribution in [0.15, 0.2) is 29.8 Å². The van der Waals surface area contributed by atoms with Crippen molar-refractivity contribution in [1.82, 2.24) is 9.80 Å². The van der Waals surface area contributed by atoms with Gasteiger partial charge in [0, 0.05) is 37.3 Å². The number of hydrogen-bond donors (Lipinski definition) is 1. The van der Waals surface area contributed by atoms with Crippen LogP contribution in [-0.4, -0.2) is 101 Å². The van der Waals surface area contributed by atoms with Crippen LogP contribution in [0.3, 0.4) is 0 Å². The number of nitrogens with zero attached hydrogens (tertiary/aromatic N) is 2. The van der Waals surface area contributed by atoms with Gasteiger partial charge in [0.2, 0.25) is 18.3 Å². The van der Waals surface area contributed by atoms with Crippen molar-refractivity contribution in [3.63, 3.8) is 0 Å². The molecule has 2 saturated heterocycles. The summed E-state index contributed by atoms with van der Waals surface area (Å²) in [7, 11) is 5.90. The van der Waals surface area contributed by atoms with Gasteiger partial charge in [-0.15, -0.1) is 0 Å². The van der Waals surface area contributed by atoms with Crippen LogP contribution in [0.2, 0.25) is 0 Å². The van der Waals surface area contributed by atoms with Crippen molar-refractivity contribution in [2.45, 2.75) is 6.04 Å². The molecule has 2 aromatic carbocycles. The third kappa shape index (κ3) is 4.73. The first-order valence-corrected chi connectivity index (χ1v) is 12.8. The lowest BCUT2D eigenvalue weighted by Gasteiger charge is -2.31. The zero-order chi connectivity index (χ0) is 28.4. The molecule has 1 unspecified atom stereocenters. The van der Waals surface area contributed by atoms with Gasteiger partial charge in [0.1, 0.15) is 5.76 Å². The summed E-state index contributed by atoms with van der Waals surface area (Å²) >= 11 is 0. The van der Waals surface area contributed by atoms with E-state index in [2.05, 4.69) is 4.90 Å². The Labute approximate surface area is 231 Å². The van der Waals surface area contributed by atoms with E-state index in [0.717, 1.165) is 0 Å². The predicted molar refractivity (Wildman–Crippen MR) is 141 cm³/mol. The lowest BCUT2D eigenvalue weighted by molar-refractivity contribution is -0.140. The van der Waals surface area contributed by atoms with Gasteiger partial charge >= 0.3 is 0 Å². The van der Waals surface area contributed by atoms with Crippen LogP contribution in [0.25, 0.3) is 5.76 Å². The fraction of sp³-hybridized carbons (Fsp3) is 0.429. The number of rotatable bonds is 9. The summed E-state index contributed by atoms with van der Waals surface area (Å²) < 4.78 is 38.7. The summed E-state index contributed by atoms with van der Waals surface area (Å²) in [6.07, 6.45) is 0. The Hall–Kier alpha value is -4.16. The number of amides is 1. The van der Waals surface area contributed by atoms with Crippen molar-refractivity contribution in [3.8, 4) is 34.5 Å². The minimum absolute atomic E-state index is 0.0473. The molecule has 12 heteroatoms. The van der Waals surface area contributed by atoms with E-state index in [1.165, 1.54) is 33.3 Å². The van der Waals surface area contributed by atoms with Gasteiger partial charge in [-0.05, 0) is 24.3 Å². The van der Waals surface area contributed by atoms with Gasteiger partial charge in [0.05, 0.1) is 53.3 Å². The summed E-state index contributed by atoms with van der Waals surface area (Å²) in [6.45, 7) is 3.28. The number of morpholine rings is 1. The van der Waals surface area contributed by atoms with Crippen molar-refractivity contribution in [1.29, 1.82) is 0 Å². The van der Waals surface area contributed by atoms with E-state index in [4.69, 9.17) is 33.2 Å². The number of aliphatic hydroxyl groups is 1. The first kappa shape index (κ1) is 27.4. The van der Waals surface area contributed by atoms with Crippen molar-refractivity contribution in [2.75, 3.05) is 74.6 Å². The maximum atomic E-state index is 13.6. The number of methoxy groups -OCH3 is 4. The normalized spacial score (nSPS) is 20.1. The smallest absolute Gasteiger partial charge is 0.295 e. The number of Topliss-reactive ketones (excluding diaryl/α,β-unsaturated/α-hetero) is 1. The Bertz CT molecular complexity index is 1330. The molecule has 0 bridgehead atoms. The van der Waals surface area contributed by atoms with Gasteiger partial charge in [-0.25, -0.2) is 0 Å². The third-order valence-electron chi connectivity index (χ3n) is 7.27. The highest BCUT2D eigenvalue weighted by Gasteiger charge is 2.48. The molecule has 40 heavy (non-hydrogen) atoms. The van der Waals surface area contributed by atoms with Gasteiger partial charge in [0.25, 0.3) is 11.7 Å². The number of carbonyl (C=O) groups excluding carboxylic acids is 2. The van der Waals surface area contributed by atoms with Crippen LogP contribution in [-0.2, 0) is 14.3 Å². The van der Waals surface area contributed by atoms with Crippen molar-refractivity contribution >= 4 is 17.4 Å². The number of ether oxygens (including phenoxy) is 7. The fourth-order valence-corrected chi connectivity index (χ4v) is 5.25. The second-order valence-electron chi connectivity index (χ2n) is 9.28. The average molecular weight is 557 g/mol. The first-order valence-electron chi connectivity index (χ1n) is 12.8. The molecule has 1 amide bonds. The van der Waals surface area contributed by atoms with E-state index in [9.17, 15) is 14.7 Å².